The molecule has 1 saturated heterocycles. The van der Waals surface area contributed by atoms with Crippen LogP contribution in [0, 0.1) is 6.92 Å². The lowest BCUT2D eigenvalue weighted by Crippen LogP contribution is -2.48. The molecule has 1 aliphatic heterocycles. The summed E-state index contributed by atoms with van der Waals surface area (Å²) in [4.78, 5) is 2.55. The first-order chi connectivity index (χ1) is 8.93. The van der Waals surface area contributed by atoms with Gasteiger partial charge in [-0.3, -0.25) is 0 Å². The van der Waals surface area contributed by atoms with Crippen LogP contribution in [0.5, 0.6) is 0 Å². The number of piperazine rings is 1. The summed E-state index contributed by atoms with van der Waals surface area (Å²) in [6.07, 6.45) is 0. The second kappa shape index (κ2) is 5.48. The van der Waals surface area contributed by atoms with Gasteiger partial charge in [-0.05, 0) is 37.2 Å². The van der Waals surface area contributed by atoms with Gasteiger partial charge in [0.15, 0.2) is 0 Å². The summed E-state index contributed by atoms with van der Waals surface area (Å²) in [5.41, 5.74) is 7.10. The van der Waals surface area contributed by atoms with Crippen LogP contribution in [0.4, 0.5) is 5.69 Å². The molecule has 0 amide bonds. The number of nitrogen functional groups attached to an aromatic ring is 1. The van der Waals surface area contributed by atoms with Crippen LogP contribution in [0.1, 0.15) is 12.5 Å². The molecule has 0 radical (unpaired) electrons. The van der Waals surface area contributed by atoms with E-state index in [-0.39, 0.29) is 0 Å². The minimum Gasteiger partial charge on any atom is -0.399 e. The van der Waals surface area contributed by atoms with Gasteiger partial charge >= 0.3 is 0 Å². The average molecular weight is 283 g/mol. The van der Waals surface area contributed by atoms with Gasteiger partial charge in [-0.25, -0.2) is 8.42 Å². The Morgan fingerprint density at radius 3 is 2.32 bits per heavy atom. The van der Waals surface area contributed by atoms with Gasteiger partial charge in [0.1, 0.15) is 0 Å². The van der Waals surface area contributed by atoms with E-state index in [9.17, 15) is 8.42 Å². The van der Waals surface area contributed by atoms with Crippen molar-refractivity contribution in [3.63, 3.8) is 0 Å². The second-order valence-corrected chi connectivity index (χ2v) is 6.86. The molecule has 6 heteroatoms. The number of sulfonamides is 1. The number of hydrogen-bond donors (Lipinski definition) is 1. The number of nitrogens with zero attached hydrogens (tertiary/aromatic N) is 2. The minimum atomic E-state index is -3.41. The van der Waals surface area contributed by atoms with Crippen molar-refractivity contribution in [1.29, 1.82) is 0 Å². The van der Waals surface area contributed by atoms with Crippen molar-refractivity contribution in [3.8, 4) is 0 Å². The number of likely N-dealkylation sites (N-methyl/N-ethyl adjacent to an activating group) is 1. The zero-order chi connectivity index (χ0) is 14.0. The number of benzene rings is 1. The SMILES string of the molecule is CCN1CCN(S(=O)(=O)c2cc(C)cc(N)c2)CC1. The first-order valence-electron chi connectivity index (χ1n) is 6.53. The van der Waals surface area contributed by atoms with Crippen LogP contribution in [-0.2, 0) is 10.0 Å². The van der Waals surface area contributed by atoms with Crippen LogP contribution >= 0.6 is 0 Å². The van der Waals surface area contributed by atoms with Gasteiger partial charge in [-0.1, -0.05) is 6.92 Å². The van der Waals surface area contributed by atoms with Gasteiger partial charge in [0.25, 0.3) is 0 Å². The van der Waals surface area contributed by atoms with Crippen molar-refractivity contribution in [2.24, 2.45) is 0 Å². The number of aryl methyl sites for hydroxylation is 1. The van der Waals surface area contributed by atoms with Crippen molar-refractivity contribution < 1.29 is 8.42 Å². The van der Waals surface area contributed by atoms with E-state index in [1.54, 1.807) is 16.4 Å². The second-order valence-electron chi connectivity index (χ2n) is 4.92. The Kier molecular flexibility index (Phi) is 4.13. The molecule has 0 aliphatic carbocycles. The summed E-state index contributed by atoms with van der Waals surface area (Å²) in [5, 5.41) is 0. The van der Waals surface area contributed by atoms with Crippen molar-refractivity contribution in [2.75, 3.05) is 38.5 Å². The molecular weight excluding hydrogens is 262 g/mol. The maximum absolute atomic E-state index is 12.5. The van der Waals surface area contributed by atoms with E-state index >= 15 is 0 Å². The molecule has 5 nitrogen and oxygen atoms in total. The predicted molar refractivity (Wildman–Crippen MR) is 76.5 cm³/mol. The summed E-state index contributed by atoms with van der Waals surface area (Å²) >= 11 is 0. The van der Waals surface area contributed by atoms with Gasteiger partial charge in [-0.2, -0.15) is 4.31 Å². The van der Waals surface area contributed by atoms with Gasteiger partial charge in [0, 0.05) is 31.9 Å². The molecule has 0 unspecified atom stereocenters. The average Bonchev–Trinajstić information content (AvgIpc) is 2.37. The lowest BCUT2D eigenvalue weighted by Gasteiger charge is -2.33. The Labute approximate surface area is 115 Å². The van der Waals surface area contributed by atoms with Crippen molar-refractivity contribution in [2.45, 2.75) is 18.7 Å². The molecule has 19 heavy (non-hydrogen) atoms. The van der Waals surface area contributed by atoms with Crippen LogP contribution in [0.25, 0.3) is 0 Å². The minimum absolute atomic E-state index is 0.301. The van der Waals surface area contributed by atoms with E-state index in [4.69, 9.17) is 5.73 Å². The highest BCUT2D eigenvalue weighted by molar-refractivity contribution is 7.89. The van der Waals surface area contributed by atoms with E-state index in [0.717, 1.165) is 25.2 Å². The summed E-state index contributed by atoms with van der Waals surface area (Å²) in [5.74, 6) is 0. The smallest absolute Gasteiger partial charge is 0.243 e. The Morgan fingerprint density at radius 1 is 1.16 bits per heavy atom. The van der Waals surface area contributed by atoms with E-state index in [1.165, 1.54) is 6.07 Å². The normalized spacial score (nSPS) is 18.6. The Morgan fingerprint density at radius 2 is 1.79 bits per heavy atom. The lowest BCUT2D eigenvalue weighted by molar-refractivity contribution is 0.196. The van der Waals surface area contributed by atoms with Crippen molar-refractivity contribution in [1.82, 2.24) is 9.21 Å². The first-order valence-corrected chi connectivity index (χ1v) is 7.97. The Hall–Kier alpha value is -1.11. The summed E-state index contributed by atoms with van der Waals surface area (Å²) < 4.78 is 26.6. The zero-order valence-corrected chi connectivity index (χ0v) is 12.3. The van der Waals surface area contributed by atoms with E-state index < -0.39 is 10.0 Å². The molecule has 106 valence electrons. The molecule has 2 rings (SSSR count). The van der Waals surface area contributed by atoms with E-state index in [0.29, 0.717) is 23.7 Å². The van der Waals surface area contributed by atoms with Gasteiger partial charge in [0.2, 0.25) is 10.0 Å². The maximum atomic E-state index is 12.5. The van der Waals surface area contributed by atoms with Crippen LogP contribution in [0.3, 0.4) is 0 Å². The zero-order valence-electron chi connectivity index (χ0n) is 11.5. The van der Waals surface area contributed by atoms with E-state index in [1.807, 2.05) is 6.92 Å². The molecule has 0 aromatic heterocycles. The molecule has 0 saturated carbocycles. The Bertz CT molecular complexity index is 529. The summed E-state index contributed by atoms with van der Waals surface area (Å²) in [6.45, 7) is 7.57. The fourth-order valence-electron chi connectivity index (χ4n) is 2.36. The maximum Gasteiger partial charge on any atom is 0.243 e. The molecule has 1 fully saturated rings. The largest absolute Gasteiger partial charge is 0.399 e. The Balaban J connectivity index is 2.23. The molecule has 2 N–H and O–H groups in total. The third kappa shape index (κ3) is 3.08. The highest BCUT2D eigenvalue weighted by Crippen LogP contribution is 2.21. The lowest BCUT2D eigenvalue weighted by atomic mass is 10.2. The van der Waals surface area contributed by atoms with Crippen molar-refractivity contribution in [3.05, 3.63) is 23.8 Å². The number of hydrogen-bond acceptors (Lipinski definition) is 4. The molecular formula is C13H21N3O2S. The third-order valence-corrected chi connectivity index (χ3v) is 5.37. The van der Waals surface area contributed by atoms with Gasteiger partial charge < -0.3 is 10.6 Å². The topological polar surface area (TPSA) is 66.6 Å². The van der Waals surface area contributed by atoms with Gasteiger partial charge in [-0.15, -0.1) is 0 Å². The number of rotatable bonds is 3. The quantitative estimate of drug-likeness (QED) is 0.837. The first kappa shape index (κ1) is 14.3. The van der Waals surface area contributed by atoms with Crippen LogP contribution in [-0.4, -0.2) is 50.3 Å². The van der Waals surface area contributed by atoms with Crippen LogP contribution in [0.2, 0.25) is 0 Å². The van der Waals surface area contributed by atoms with Crippen molar-refractivity contribution >= 4 is 15.7 Å². The molecule has 1 aromatic rings. The predicted octanol–water partition coefficient (Wildman–Crippen LogP) is 0.903. The van der Waals surface area contributed by atoms with E-state index in [2.05, 4.69) is 11.8 Å². The number of nitrogens with two attached hydrogens (primary N) is 1. The standard InChI is InChI=1S/C13H21N3O2S/c1-3-15-4-6-16(7-5-15)19(17,18)13-9-11(2)8-12(14)10-13/h8-10H,3-7,14H2,1-2H3. The van der Waals surface area contributed by atoms with Gasteiger partial charge in [0.05, 0.1) is 4.90 Å². The fraction of sp³-hybridized carbons (Fsp3) is 0.538. The summed E-state index contributed by atoms with van der Waals surface area (Å²) in [6, 6.07) is 4.99. The molecule has 0 bridgehead atoms. The summed E-state index contributed by atoms with van der Waals surface area (Å²) in [7, 11) is -3.41. The third-order valence-electron chi connectivity index (χ3n) is 3.49. The van der Waals surface area contributed by atoms with Crippen LogP contribution < -0.4 is 5.73 Å². The monoisotopic (exact) mass is 283 g/mol. The number of anilines is 1. The van der Waals surface area contributed by atoms with Crippen LogP contribution in [0.15, 0.2) is 23.1 Å². The molecule has 0 atom stereocenters. The molecule has 1 aromatic carbocycles. The fourth-order valence-corrected chi connectivity index (χ4v) is 3.92. The molecule has 1 aliphatic rings. The molecule has 1 heterocycles. The highest BCUT2D eigenvalue weighted by atomic mass is 32.2. The molecule has 0 spiro atoms. The highest BCUT2D eigenvalue weighted by Gasteiger charge is 2.28.